The normalized spacial score (nSPS) is 14.7. The predicted octanol–water partition coefficient (Wildman–Crippen LogP) is 0.472. The average molecular weight is 291 g/mol. The van der Waals surface area contributed by atoms with Gasteiger partial charge >= 0.3 is 0 Å². The van der Waals surface area contributed by atoms with Crippen LogP contribution in [-0.2, 0) is 4.74 Å². The van der Waals surface area contributed by atoms with Gasteiger partial charge in [-0.1, -0.05) is 0 Å². The van der Waals surface area contributed by atoms with Gasteiger partial charge in [0.05, 0.1) is 13.2 Å². The first-order valence-corrected chi connectivity index (χ1v) is 7.16. The zero-order chi connectivity index (χ0) is 15.2. The van der Waals surface area contributed by atoms with Crippen LogP contribution in [0.25, 0.3) is 0 Å². The van der Waals surface area contributed by atoms with Crippen molar-refractivity contribution < 1.29 is 4.74 Å². The summed E-state index contributed by atoms with van der Waals surface area (Å²) >= 11 is 0. The summed E-state index contributed by atoms with van der Waals surface area (Å²) < 4.78 is 5.35. The Kier molecular flexibility index (Phi) is 5.11. The standard InChI is InChI=1S/C13H21N7O/c1-4-19(5-2)12-15-11(18(3)10-14)16-13(17-12)20-6-8-21-9-7-20/h4-9H2,1-3H3. The summed E-state index contributed by atoms with van der Waals surface area (Å²) in [5.41, 5.74) is 0. The van der Waals surface area contributed by atoms with Crippen LogP contribution < -0.4 is 14.7 Å². The highest BCUT2D eigenvalue weighted by Crippen LogP contribution is 2.19. The third-order valence-corrected chi connectivity index (χ3v) is 3.39. The van der Waals surface area contributed by atoms with Crippen LogP contribution in [0.5, 0.6) is 0 Å². The zero-order valence-corrected chi connectivity index (χ0v) is 12.8. The maximum Gasteiger partial charge on any atom is 0.245 e. The Hall–Kier alpha value is -2.14. The van der Waals surface area contributed by atoms with Gasteiger partial charge in [0.1, 0.15) is 0 Å². The lowest BCUT2D eigenvalue weighted by Crippen LogP contribution is -2.38. The van der Waals surface area contributed by atoms with Gasteiger partial charge in [-0.2, -0.15) is 20.2 Å². The molecule has 1 aliphatic heterocycles. The Labute approximate surface area is 125 Å². The number of morpholine rings is 1. The smallest absolute Gasteiger partial charge is 0.245 e. The molecule has 21 heavy (non-hydrogen) atoms. The maximum atomic E-state index is 9.06. The van der Waals surface area contributed by atoms with E-state index >= 15 is 0 Å². The maximum absolute atomic E-state index is 9.06. The molecule has 1 aromatic heterocycles. The lowest BCUT2D eigenvalue weighted by atomic mass is 10.4. The van der Waals surface area contributed by atoms with Crippen molar-refractivity contribution in [3.63, 3.8) is 0 Å². The molecule has 0 aliphatic carbocycles. The Morgan fingerprint density at radius 2 is 1.76 bits per heavy atom. The molecule has 1 fully saturated rings. The van der Waals surface area contributed by atoms with Crippen molar-refractivity contribution >= 4 is 17.8 Å². The fourth-order valence-electron chi connectivity index (χ4n) is 2.09. The minimum absolute atomic E-state index is 0.371. The van der Waals surface area contributed by atoms with E-state index in [1.54, 1.807) is 7.05 Å². The molecular formula is C13H21N7O. The minimum Gasteiger partial charge on any atom is -0.378 e. The van der Waals surface area contributed by atoms with E-state index in [9.17, 15) is 0 Å². The molecule has 0 aromatic carbocycles. The number of ether oxygens (including phenoxy) is 1. The fraction of sp³-hybridized carbons (Fsp3) is 0.692. The molecule has 8 heteroatoms. The van der Waals surface area contributed by atoms with E-state index in [1.807, 2.05) is 11.1 Å². The number of hydrogen-bond acceptors (Lipinski definition) is 8. The molecule has 0 radical (unpaired) electrons. The highest BCUT2D eigenvalue weighted by Gasteiger charge is 2.19. The number of anilines is 3. The molecule has 8 nitrogen and oxygen atoms in total. The second-order valence-electron chi connectivity index (χ2n) is 4.67. The summed E-state index contributed by atoms with van der Waals surface area (Å²) in [7, 11) is 1.64. The van der Waals surface area contributed by atoms with Gasteiger partial charge in [-0.25, -0.2) is 0 Å². The lowest BCUT2D eigenvalue weighted by molar-refractivity contribution is 0.122. The Bertz CT molecular complexity index is 506. The highest BCUT2D eigenvalue weighted by molar-refractivity contribution is 5.48. The van der Waals surface area contributed by atoms with Crippen LogP contribution in [0, 0.1) is 11.5 Å². The summed E-state index contributed by atoms with van der Waals surface area (Å²) in [5, 5.41) is 9.06. The van der Waals surface area contributed by atoms with Crippen molar-refractivity contribution in [2.45, 2.75) is 13.8 Å². The molecule has 0 amide bonds. The monoisotopic (exact) mass is 291 g/mol. The molecule has 0 atom stereocenters. The molecule has 2 rings (SSSR count). The molecule has 1 aromatic rings. The lowest BCUT2D eigenvalue weighted by Gasteiger charge is -2.28. The van der Waals surface area contributed by atoms with Gasteiger partial charge in [-0.05, 0) is 13.8 Å². The van der Waals surface area contributed by atoms with Gasteiger partial charge in [-0.3, -0.25) is 4.90 Å². The number of nitrogens with zero attached hydrogens (tertiary/aromatic N) is 7. The molecule has 0 N–H and O–H groups in total. The van der Waals surface area contributed by atoms with Crippen LogP contribution in [0.2, 0.25) is 0 Å². The van der Waals surface area contributed by atoms with Crippen molar-refractivity contribution in [1.82, 2.24) is 15.0 Å². The quantitative estimate of drug-likeness (QED) is 0.572. The van der Waals surface area contributed by atoms with Crippen molar-refractivity contribution in [2.75, 3.05) is 61.1 Å². The van der Waals surface area contributed by atoms with E-state index in [1.165, 1.54) is 4.90 Å². The minimum atomic E-state index is 0.371. The van der Waals surface area contributed by atoms with Crippen LogP contribution >= 0.6 is 0 Å². The molecular weight excluding hydrogens is 270 g/mol. The molecule has 2 heterocycles. The zero-order valence-electron chi connectivity index (χ0n) is 12.8. The highest BCUT2D eigenvalue weighted by atomic mass is 16.5. The Balaban J connectivity index is 2.38. The number of rotatable bonds is 5. The number of hydrogen-bond donors (Lipinski definition) is 0. The second-order valence-corrected chi connectivity index (χ2v) is 4.67. The van der Waals surface area contributed by atoms with Gasteiger partial charge < -0.3 is 14.5 Å². The molecule has 0 bridgehead atoms. The van der Waals surface area contributed by atoms with Gasteiger partial charge in [-0.15, -0.1) is 0 Å². The van der Waals surface area contributed by atoms with Gasteiger partial charge in [0, 0.05) is 33.2 Å². The van der Waals surface area contributed by atoms with Crippen molar-refractivity contribution in [1.29, 1.82) is 5.26 Å². The SMILES string of the molecule is CCN(CC)c1nc(N(C)C#N)nc(N2CCOCC2)n1. The van der Waals surface area contributed by atoms with E-state index in [0.717, 1.165) is 26.2 Å². The Morgan fingerprint density at radius 1 is 1.14 bits per heavy atom. The van der Waals surface area contributed by atoms with Crippen molar-refractivity contribution in [2.24, 2.45) is 0 Å². The van der Waals surface area contributed by atoms with E-state index < -0.39 is 0 Å². The second kappa shape index (κ2) is 7.04. The summed E-state index contributed by atoms with van der Waals surface area (Å²) in [6, 6.07) is 0. The van der Waals surface area contributed by atoms with Crippen LogP contribution in [0.3, 0.4) is 0 Å². The van der Waals surface area contributed by atoms with E-state index in [-0.39, 0.29) is 0 Å². The van der Waals surface area contributed by atoms with E-state index in [0.29, 0.717) is 31.1 Å². The van der Waals surface area contributed by atoms with Crippen molar-refractivity contribution in [3.05, 3.63) is 0 Å². The third kappa shape index (κ3) is 3.49. The number of aromatic nitrogens is 3. The molecule has 0 spiro atoms. The van der Waals surface area contributed by atoms with Crippen LogP contribution in [0.4, 0.5) is 17.8 Å². The fourth-order valence-corrected chi connectivity index (χ4v) is 2.09. The Morgan fingerprint density at radius 3 is 2.33 bits per heavy atom. The number of nitriles is 1. The van der Waals surface area contributed by atoms with E-state index in [2.05, 4.69) is 33.7 Å². The first-order chi connectivity index (χ1) is 10.2. The van der Waals surface area contributed by atoms with Crippen LogP contribution in [0.15, 0.2) is 0 Å². The first-order valence-electron chi connectivity index (χ1n) is 7.16. The largest absolute Gasteiger partial charge is 0.378 e. The van der Waals surface area contributed by atoms with Gasteiger partial charge in [0.15, 0.2) is 6.19 Å². The predicted molar refractivity (Wildman–Crippen MR) is 80.4 cm³/mol. The summed E-state index contributed by atoms with van der Waals surface area (Å²) in [4.78, 5) is 18.8. The molecule has 1 saturated heterocycles. The van der Waals surface area contributed by atoms with Crippen molar-refractivity contribution in [3.8, 4) is 6.19 Å². The van der Waals surface area contributed by atoms with Gasteiger partial charge in [0.2, 0.25) is 17.8 Å². The first kappa shape index (κ1) is 15.3. The topological polar surface area (TPSA) is 81.4 Å². The van der Waals surface area contributed by atoms with E-state index in [4.69, 9.17) is 10.00 Å². The van der Waals surface area contributed by atoms with Gasteiger partial charge in [0.25, 0.3) is 0 Å². The summed E-state index contributed by atoms with van der Waals surface area (Å²) in [5.74, 6) is 1.58. The van der Waals surface area contributed by atoms with Crippen LogP contribution in [0.1, 0.15) is 13.8 Å². The molecule has 0 unspecified atom stereocenters. The third-order valence-electron chi connectivity index (χ3n) is 3.39. The molecule has 0 saturated carbocycles. The summed E-state index contributed by atoms with van der Waals surface area (Å²) in [6.07, 6.45) is 2.03. The molecule has 1 aliphatic rings. The molecule has 114 valence electrons. The summed E-state index contributed by atoms with van der Waals surface area (Å²) in [6.45, 7) is 8.53. The average Bonchev–Trinajstić information content (AvgIpc) is 2.56. The van der Waals surface area contributed by atoms with Crippen LogP contribution in [-0.4, -0.2) is 61.4 Å².